The van der Waals surface area contributed by atoms with Crippen LogP contribution in [0.2, 0.25) is 0 Å². The topological polar surface area (TPSA) is 104 Å². The maximum Gasteiger partial charge on any atom is 0.225 e. The fraction of sp³-hybridized carbons (Fsp3) is 0.519. The highest BCUT2D eigenvalue weighted by Gasteiger charge is 2.33. The average molecular weight is 511 g/mol. The molecule has 1 atom stereocenters. The summed E-state index contributed by atoms with van der Waals surface area (Å²) in [5.41, 5.74) is 3.98. The third kappa shape index (κ3) is 5.88. The number of nitriles is 1. The van der Waals surface area contributed by atoms with Crippen LogP contribution in [-0.2, 0) is 25.1 Å². The smallest absolute Gasteiger partial charge is 0.225 e. The Kier molecular flexibility index (Phi) is 7.96. The summed E-state index contributed by atoms with van der Waals surface area (Å²) in [6.07, 6.45) is 2.46. The fourth-order valence-electron chi connectivity index (χ4n) is 4.78. The molecule has 192 valence electrons. The van der Waals surface area contributed by atoms with Crippen LogP contribution in [0.25, 0.3) is 11.1 Å². The lowest BCUT2D eigenvalue weighted by molar-refractivity contribution is -0.134. The number of anilines is 1. The first-order chi connectivity index (χ1) is 17.3. The number of carbonyl (C=O) groups is 1. The number of benzene rings is 1. The largest absolute Gasteiger partial charge is 0.384 e. The molecular weight excluding hydrogens is 476 g/mol. The van der Waals surface area contributed by atoms with Gasteiger partial charge in [0.05, 0.1) is 30.0 Å². The third-order valence-corrected chi connectivity index (χ3v) is 8.60. The third-order valence-electron chi connectivity index (χ3n) is 6.95. The zero-order valence-corrected chi connectivity index (χ0v) is 22.1. The van der Waals surface area contributed by atoms with Crippen LogP contribution >= 0.6 is 0 Å². The minimum Gasteiger partial charge on any atom is -0.384 e. The van der Waals surface area contributed by atoms with E-state index >= 15 is 0 Å². The second kappa shape index (κ2) is 11.0. The molecule has 2 heterocycles. The van der Waals surface area contributed by atoms with E-state index in [0.29, 0.717) is 50.0 Å². The van der Waals surface area contributed by atoms with Crippen molar-refractivity contribution in [2.45, 2.75) is 50.8 Å². The van der Waals surface area contributed by atoms with Gasteiger partial charge < -0.3 is 14.5 Å². The van der Waals surface area contributed by atoms with Gasteiger partial charge in [-0.05, 0) is 37.0 Å². The Morgan fingerprint density at radius 1 is 1.25 bits per heavy atom. The maximum absolute atomic E-state index is 12.5. The number of piperazine rings is 1. The van der Waals surface area contributed by atoms with Crippen molar-refractivity contribution in [1.29, 1.82) is 5.26 Å². The molecule has 2 aromatic rings. The molecule has 1 aliphatic carbocycles. The van der Waals surface area contributed by atoms with Crippen LogP contribution in [0.4, 0.5) is 5.82 Å². The van der Waals surface area contributed by atoms with Crippen molar-refractivity contribution in [3.05, 3.63) is 47.2 Å². The summed E-state index contributed by atoms with van der Waals surface area (Å²) < 4.78 is 29.4. The molecule has 0 spiro atoms. The first-order valence-electron chi connectivity index (χ1n) is 12.5. The molecule has 1 saturated carbocycles. The maximum atomic E-state index is 12.5. The van der Waals surface area contributed by atoms with Crippen LogP contribution in [0.3, 0.4) is 0 Å². The number of hydrogen-bond donors (Lipinski definition) is 0. The summed E-state index contributed by atoms with van der Waals surface area (Å²) in [5, 5.41) is 10.0. The van der Waals surface area contributed by atoms with E-state index in [1.807, 2.05) is 42.2 Å². The number of carbonyl (C=O) groups excluding carboxylic acids is 1. The second-order valence-corrected chi connectivity index (χ2v) is 12.0. The molecule has 36 heavy (non-hydrogen) atoms. The van der Waals surface area contributed by atoms with Gasteiger partial charge in [-0.15, -0.1) is 0 Å². The van der Waals surface area contributed by atoms with Crippen molar-refractivity contribution in [1.82, 2.24) is 9.88 Å². The highest BCUT2D eigenvalue weighted by molar-refractivity contribution is 7.90. The Morgan fingerprint density at radius 3 is 2.67 bits per heavy atom. The van der Waals surface area contributed by atoms with Crippen molar-refractivity contribution in [2.24, 2.45) is 0 Å². The molecule has 9 heteroatoms. The van der Waals surface area contributed by atoms with E-state index in [2.05, 4.69) is 11.0 Å². The Balaban J connectivity index is 1.64. The molecule has 4 rings (SSSR count). The van der Waals surface area contributed by atoms with Crippen LogP contribution in [-0.4, -0.2) is 69.4 Å². The molecule has 0 N–H and O–H groups in total. The van der Waals surface area contributed by atoms with Gasteiger partial charge in [-0.1, -0.05) is 31.2 Å². The highest BCUT2D eigenvalue weighted by Crippen LogP contribution is 2.45. The lowest BCUT2D eigenvalue weighted by Crippen LogP contribution is -2.54. The van der Waals surface area contributed by atoms with Gasteiger partial charge in [0.1, 0.15) is 11.9 Å². The molecular formula is C27H34N4O4S. The van der Waals surface area contributed by atoms with E-state index in [9.17, 15) is 18.5 Å². The lowest BCUT2D eigenvalue weighted by atomic mass is 9.97. The SMILES string of the molecule is CCS(=O)(=O)Cc1cccc(-c2cc(C#N)c(N3CCN(C(=O)CCOC)[C@H](C)C3)nc2C2CC2)c1. The molecule has 0 radical (unpaired) electrons. The Morgan fingerprint density at radius 2 is 2.03 bits per heavy atom. The number of ether oxygens (including phenoxy) is 1. The first kappa shape index (κ1) is 26.1. The molecule has 1 amide bonds. The molecule has 1 aliphatic heterocycles. The normalized spacial score (nSPS) is 18.2. The summed E-state index contributed by atoms with van der Waals surface area (Å²) in [6, 6.07) is 11.8. The number of sulfone groups is 1. The van der Waals surface area contributed by atoms with Crippen LogP contribution in [0.15, 0.2) is 30.3 Å². The van der Waals surface area contributed by atoms with Gasteiger partial charge in [0.2, 0.25) is 5.91 Å². The number of amides is 1. The molecule has 1 saturated heterocycles. The molecule has 1 aromatic heterocycles. The summed E-state index contributed by atoms with van der Waals surface area (Å²) in [5.74, 6) is 1.19. The number of pyridine rings is 1. The van der Waals surface area contributed by atoms with Crippen LogP contribution in [0.5, 0.6) is 0 Å². The monoisotopic (exact) mass is 510 g/mol. The van der Waals surface area contributed by atoms with Gasteiger partial charge >= 0.3 is 0 Å². The summed E-state index contributed by atoms with van der Waals surface area (Å²) in [4.78, 5) is 21.6. The number of methoxy groups -OCH3 is 1. The summed E-state index contributed by atoms with van der Waals surface area (Å²) >= 11 is 0. The highest BCUT2D eigenvalue weighted by atomic mass is 32.2. The fourth-order valence-corrected chi connectivity index (χ4v) is 5.67. The number of aromatic nitrogens is 1. The zero-order valence-electron chi connectivity index (χ0n) is 21.2. The predicted octanol–water partition coefficient (Wildman–Crippen LogP) is 3.51. The van der Waals surface area contributed by atoms with Crippen LogP contribution in [0.1, 0.15) is 55.8 Å². The number of hydrogen-bond acceptors (Lipinski definition) is 7. The minimum absolute atomic E-state index is 0.00200. The van der Waals surface area contributed by atoms with E-state index in [0.717, 1.165) is 35.2 Å². The first-order valence-corrected chi connectivity index (χ1v) is 14.4. The van der Waals surface area contributed by atoms with Gasteiger partial charge in [-0.25, -0.2) is 13.4 Å². The average Bonchev–Trinajstić information content (AvgIpc) is 3.72. The predicted molar refractivity (Wildman–Crippen MR) is 139 cm³/mol. The van der Waals surface area contributed by atoms with Crippen molar-refractivity contribution < 1.29 is 17.9 Å². The second-order valence-electron chi connectivity index (χ2n) is 9.68. The molecule has 2 aliphatic rings. The van der Waals surface area contributed by atoms with Gasteiger partial charge in [-0.3, -0.25) is 4.79 Å². The van der Waals surface area contributed by atoms with Crippen molar-refractivity contribution in [3.63, 3.8) is 0 Å². The van der Waals surface area contributed by atoms with E-state index in [4.69, 9.17) is 9.72 Å². The van der Waals surface area contributed by atoms with E-state index in [1.54, 1.807) is 14.0 Å². The molecule has 2 fully saturated rings. The van der Waals surface area contributed by atoms with Crippen molar-refractivity contribution in [2.75, 3.05) is 44.0 Å². The number of nitrogens with zero attached hydrogens (tertiary/aromatic N) is 4. The molecule has 0 unspecified atom stereocenters. The van der Waals surface area contributed by atoms with Gasteiger partial charge in [0, 0.05) is 50.0 Å². The summed E-state index contributed by atoms with van der Waals surface area (Å²) in [6.45, 7) is 5.87. The molecule has 8 nitrogen and oxygen atoms in total. The quantitative estimate of drug-likeness (QED) is 0.508. The van der Waals surface area contributed by atoms with Gasteiger partial charge in [-0.2, -0.15) is 5.26 Å². The van der Waals surface area contributed by atoms with Gasteiger partial charge in [0.15, 0.2) is 9.84 Å². The van der Waals surface area contributed by atoms with Crippen molar-refractivity contribution >= 4 is 21.6 Å². The zero-order chi connectivity index (χ0) is 25.9. The van der Waals surface area contributed by atoms with Crippen molar-refractivity contribution in [3.8, 4) is 17.2 Å². The number of rotatable bonds is 9. The molecule has 1 aromatic carbocycles. The lowest BCUT2D eigenvalue weighted by Gasteiger charge is -2.41. The van der Waals surface area contributed by atoms with E-state index in [1.165, 1.54) is 0 Å². The Bertz CT molecular complexity index is 1270. The van der Waals surface area contributed by atoms with Crippen LogP contribution < -0.4 is 4.90 Å². The summed E-state index contributed by atoms with van der Waals surface area (Å²) in [7, 11) is -1.56. The Hall–Kier alpha value is -2.96. The minimum atomic E-state index is -3.15. The molecule has 0 bridgehead atoms. The van der Waals surface area contributed by atoms with Gasteiger partial charge in [0.25, 0.3) is 0 Å². The van der Waals surface area contributed by atoms with Crippen LogP contribution in [0, 0.1) is 11.3 Å². The van der Waals surface area contributed by atoms with E-state index in [-0.39, 0.29) is 23.5 Å². The van der Waals surface area contributed by atoms with E-state index < -0.39 is 9.84 Å². The Labute approximate surface area is 213 Å². The standard InChI is InChI=1S/C27H34N4O4S/c1-4-36(33,34)18-20-6-5-7-22(14-20)24-15-23(16-28)27(29-26(24)21-8-9-21)30-11-12-31(19(2)17-30)25(32)10-13-35-3/h5-7,14-15,19,21H,4,8-13,17-18H2,1-3H3/t19-/m1/s1.